The maximum Gasteiger partial charge on any atom is 0.330 e. The number of halogens is 1. The monoisotopic (exact) mass is 360 g/mol. The molecule has 0 atom stereocenters. The van der Waals surface area contributed by atoms with Crippen molar-refractivity contribution in [3.63, 3.8) is 0 Å². The molecule has 0 spiro atoms. The largest absolute Gasteiger partial charge is 0.383 e. The van der Waals surface area contributed by atoms with Gasteiger partial charge in [-0.2, -0.15) is 0 Å². The molecule has 3 N–H and O–H groups in total. The third-order valence-corrected chi connectivity index (χ3v) is 3.64. The normalized spacial score (nSPS) is 11.0. The fraction of sp³-hybridized carbons (Fsp3) is 0.667. The third kappa shape index (κ3) is 5.10. The van der Waals surface area contributed by atoms with Crippen LogP contribution in [0.5, 0.6) is 0 Å². The number of hydrogen-bond acceptors (Lipinski definition) is 5. The molecule has 0 radical (unpaired) electrons. The van der Waals surface area contributed by atoms with E-state index in [2.05, 4.69) is 4.98 Å². The molecule has 0 saturated heterocycles. The molecule has 1 amide bonds. The molecule has 0 saturated carbocycles. The maximum atomic E-state index is 12.4. The van der Waals surface area contributed by atoms with E-state index in [4.69, 9.17) is 22.1 Å². The number of hydrogen-bond donors (Lipinski definition) is 2. The first-order valence-corrected chi connectivity index (χ1v) is 8.34. The summed E-state index contributed by atoms with van der Waals surface area (Å²) in [5.74, 6) is 0.165. The second-order valence-corrected chi connectivity index (χ2v) is 6.21. The predicted molar refractivity (Wildman–Crippen MR) is 94.8 cm³/mol. The van der Waals surface area contributed by atoms with Crippen molar-refractivity contribution in [3.8, 4) is 0 Å². The Kier molecular flexibility index (Phi) is 8.00. The van der Waals surface area contributed by atoms with Crippen molar-refractivity contribution < 1.29 is 9.53 Å². The summed E-state index contributed by atoms with van der Waals surface area (Å²) in [5.41, 5.74) is 4.76. The highest BCUT2D eigenvalue weighted by Crippen LogP contribution is 2.19. The Bertz CT molecular complexity index is 668. The highest BCUT2D eigenvalue weighted by Gasteiger charge is 2.23. The van der Waals surface area contributed by atoms with Crippen LogP contribution in [0.1, 0.15) is 26.7 Å². The maximum absolute atomic E-state index is 12.4. The Morgan fingerprint density at radius 1 is 1.42 bits per heavy atom. The second-order valence-electron chi connectivity index (χ2n) is 5.83. The lowest BCUT2D eigenvalue weighted by molar-refractivity contribution is -0.118. The number of nitrogens with one attached hydrogen (secondary N) is 1. The average Bonchev–Trinajstić information content (AvgIpc) is 2.51. The van der Waals surface area contributed by atoms with Gasteiger partial charge in [0.05, 0.1) is 6.61 Å². The molecule has 1 rings (SSSR count). The summed E-state index contributed by atoms with van der Waals surface area (Å²) in [6.45, 7) is 4.57. The minimum absolute atomic E-state index is 0.0206. The van der Waals surface area contributed by atoms with Crippen molar-refractivity contribution in [1.29, 1.82) is 0 Å². The molecule has 1 aromatic rings. The van der Waals surface area contributed by atoms with Crippen molar-refractivity contribution in [2.75, 3.05) is 36.8 Å². The van der Waals surface area contributed by atoms with E-state index in [1.165, 1.54) is 16.6 Å². The zero-order chi connectivity index (χ0) is 18.3. The number of aromatic amines is 1. The first-order chi connectivity index (χ1) is 11.3. The minimum Gasteiger partial charge on any atom is -0.383 e. The van der Waals surface area contributed by atoms with Crippen LogP contribution in [-0.4, -0.2) is 41.6 Å². The Morgan fingerprint density at radius 3 is 2.62 bits per heavy atom. The smallest absolute Gasteiger partial charge is 0.330 e. The van der Waals surface area contributed by atoms with Gasteiger partial charge in [0.15, 0.2) is 5.69 Å². The summed E-state index contributed by atoms with van der Waals surface area (Å²) in [6.07, 6.45) is 0.655. The zero-order valence-electron chi connectivity index (χ0n) is 14.3. The van der Waals surface area contributed by atoms with Crippen LogP contribution in [0.2, 0.25) is 0 Å². The van der Waals surface area contributed by atoms with Crippen molar-refractivity contribution in [2.45, 2.75) is 33.2 Å². The van der Waals surface area contributed by atoms with Crippen molar-refractivity contribution in [2.24, 2.45) is 5.92 Å². The summed E-state index contributed by atoms with van der Waals surface area (Å²) in [5, 5.41) is 0. The first kappa shape index (κ1) is 20.2. The Morgan fingerprint density at radius 2 is 2.08 bits per heavy atom. The van der Waals surface area contributed by atoms with Crippen LogP contribution in [0.15, 0.2) is 9.59 Å². The SMILES string of the molecule is COCCN(C(=O)CCCCl)c1c(N)n(CC(C)C)c(=O)[nH]c1=O. The molecular formula is C15H25ClN4O4. The van der Waals surface area contributed by atoms with Crippen LogP contribution in [0.25, 0.3) is 0 Å². The number of rotatable bonds is 9. The van der Waals surface area contributed by atoms with Crippen LogP contribution >= 0.6 is 11.6 Å². The Labute approximate surface area is 145 Å². The van der Waals surface area contributed by atoms with Gasteiger partial charge >= 0.3 is 5.69 Å². The number of aromatic nitrogens is 2. The van der Waals surface area contributed by atoms with Crippen molar-refractivity contribution >= 4 is 29.0 Å². The first-order valence-electron chi connectivity index (χ1n) is 7.81. The molecule has 1 aromatic heterocycles. The van der Waals surface area contributed by atoms with Gasteiger partial charge in [-0.3, -0.25) is 19.1 Å². The van der Waals surface area contributed by atoms with Crippen LogP contribution in [-0.2, 0) is 16.1 Å². The fourth-order valence-electron chi connectivity index (χ4n) is 2.28. The lowest BCUT2D eigenvalue weighted by Crippen LogP contribution is -2.42. The summed E-state index contributed by atoms with van der Waals surface area (Å²) >= 11 is 5.63. The number of methoxy groups -OCH3 is 1. The number of anilines is 2. The summed E-state index contributed by atoms with van der Waals surface area (Å²) in [4.78, 5) is 40.2. The number of H-pyrrole nitrogens is 1. The topological polar surface area (TPSA) is 110 Å². The molecule has 0 bridgehead atoms. The molecule has 0 aliphatic heterocycles. The van der Waals surface area contributed by atoms with Crippen LogP contribution in [0, 0.1) is 5.92 Å². The lowest BCUT2D eigenvalue weighted by atomic mass is 10.2. The van der Waals surface area contributed by atoms with Gasteiger partial charge in [0, 0.05) is 32.5 Å². The van der Waals surface area contributed by atoms with Gasteiger partial charge in [0.25, 0.3) is 5.56 Å². The molecule has 0 aliphatic carbocycles. The fourth-order valence-corrected chi connectivity index (χ4v) is 2.42. The van der Waals surface area contributed by atoms with Crippen molar-refractivity contribution in [3.05, 3.63) is 20.8 Å². The van der Waals surface area contributed by atoms with Gasteiger partial charge < -0.3 is 15.4 Å². The van der Waals surface area contributed by atoms with Gasteiger partial charge in [0.2, 0.25) is 5.91 Å². The van der Waals surface area contributed by atoms with Gasteiger partial charge in [-0.05, 0) is 12.3 Å². The number of ether oxygens (including phenoxy) is 1. The number of carbonyl (C=O) groups is 1. The predicted octanol–water partition coefficient (Wildman–Crippen LogP) is 0.773. The summed E-state index contributed by atoms with van der Waals surface area (Å²) < 4.78 is 6.28. The molecule has 1 heterocycles. The van der Waals surface area contributed by atoms with Gasteiger partial charge in [-0.15, -0.1) is 11.6 Å². The Hall–Kier alpha value is -1.80. The highest BCUT2D eigenvalue weighted by atomic mass is 35.5. The van der Waals surface area contributed by atoms with Crippen LogP contribution < -0.4 is 21.9 Å². The molecule has 136 valence electrons. The average molecular weight is 361 g/mol. The number of carbonyl (C=O) groups excluding carboxylic acids is 1. The minimum atomic E-state index is -0.687. The second kappa shape index (κ2) is 9.48. The van der Waals surface area contributed by atoms with E-state index >= 15 is 0 Å². The molecule has 0 unspecified atom stereocenters. The molecule has 0 fully saturated rings. The lowest BCUT2D eigenvalue weighted by Gasteiger charge is -2.24. The molecule has 24 heavy (non-hydrogen) atoms. The molecule has 8 nitrogen and oxygen atoms in total. The van der Waals surface area contributed by atoms with Gasteiger partial charge in [-0.25, -0.2) is 4.79 Å². The molecule has 0 aliphatic rings. The standard InChI is InChI=1S/C15H25ClN4O4/c1-10(2)9-20-13(17)12(14(22)18-15(20)23)19(7-8-24-3)11(21)5-4-6-16/h10H,4-9,17H2,1-3H3,(H,18,22,23). The van der Waals surface area contributed by atoms with Gasteiger partial charge in [-0.1, -0.05) is 13.8 Å². The summed E-state index contributed by atoms with van der Waals surface area (Å²) in [7, 11) is 1.49. The molecule has 9 heteroatoms. The van der Waals surface area contributed by atoms with Gasteiger partial charge in [0.1, 0.15) is 5.82 Å². The number of nitrogens with two attached hydrogens (primary N) is 1. The number of nitrogen functional groups attached to an aromatic ring is 1. The van der Waals surface area contributed by atoms with E-state index < -0.39 is 11.2 Å². The summed E-state index contributed by atoms with van der Waals surface area (Å²) in [6, 6.07) is 0. The van der Waals surface area contributed by atoms with E-state index in [0.717, 1.165) is 0 Å². The Balaban J connectivity index is 3.37. The number of amides is 1. The molecular weight excluding hydrogens is 336 g/mol. The number of alkyl halides is 1. The van der Waals surface area contributed by atoms with E-state index in [0.29, 0.717) is 18.8 Å². The highest BCUT2D eigenvalue weighted by molar-refractivity contribution is 6.18. The van der Waals surface area contributed by atoms with E-state index in [-0.39, 0.29) is 42.9 Å². The van der Waals surface area contributed by atoms with Crippen molar-refractivity contribution in [1.82, 2.24) is 9.55 Å². The van der Waals surface area contributed by atoms with E-state index in [1.54, 1.807) is 0 Å². The molecule has 0 aromatic carbocycles. The number of nitrogens with zero attached hydrogens (tertiary/aromatic N) is 2. The zero-order valence-corrected chi connectivity index (χ0v) is 15.1. The van der Waals surface area contributed by atoms with Crippen LogP contribution in [0.4, 0.5) is 11.5 Å². The van der Waals surface area contributed by atoms with E-state index in [9.17, 15) is 14.4 Å². The van der Waals surface area contributed by atoms with E-state index in [1.807, 2.05) is 13.8 Å². The third-order valence-electron chi connectivity index (χ3n) is 3.38. The van der Waals surface area contributed by atoms with Crippen LogP contribution in [0.3, 0.4) is 0 Å². The quantitative estimate of drug-likeness (QED) is 0.632.